The minimum absolute atomic E-state index is 0.437. The predicted molar refractivity (Wildman–Crippen MR) is 42.4 cm³/mol. The van der Waals surface area contributed by atoms with Crippen LogP contribution >= 0.6 is 0 Å². The van der Waals surface area contributed by atoms with E-state index in [0.717, 1.165) is 25.7 Å². The summed E-state index contributed by atoms with van der Waals surface area (Å²) in [6.07, 6.45) is 3.11. The number of rotatable bonds is 0. The van der Waals surface area contributed by atoms with Gasteiger partial charge in [0.25, 0.3) is 0 Å². The highest BCUT2D eigenvalue weighted by molar-refractivity contribution is 5.86. The third-order valence-corrected chi connectivity index (χ3v) is 4.05. The van der Waals surface area contributed by atoms with E-state index < -0.39 is 0 Å². The Bertz CT molecular complexity index is 209. The monoisotopic (exact) mass is 164 g/mol. The van der Waals surface area contributed by atoms with Crippen LogP contribution in [0.4, 0.5) is 0 Å². The van der Waals surface area contributed by atoms with E-state index in [4.69, 9.17) is 0 Å². The van der Waals surface area contributed by atoms with Crippen molar-refractivity contribution in [1.82, 2.24) is 0 Å². The minimum Gasteiger partial charge on any atom is -0.300 e. The zero-order chi connectivity index (χ0) is 8.29. The summed E-state index contributed by atoms with van der Waals surface area (Å²) in [7, 11) is 0. The summed E-state index contributed by atoms with van der Waals surface area (Å²) in [5.41, 5.74) is 0. The fourth-order valence-corrected chi connectivity index (χ4v) is 3.55. The number of ketones is 2. The highest BCUT2D eigenvalue weighted by Crippen LogP contribution is 2.59. The van der Waals surface area contributed by atoms with Crippen LogP contribution in [0, 0.1) is 23.7 Å². The van der Waals surface area contributed by atoms with Crippen LogP contribution in [0.2, 0.25) is 0 Å². The summed E-state index contributed by atoms with van der Waals surface area (Å²) in [4.78, 5) is 22.3. The molecule has 0 atom stereocenters. The van der Waals surface area contributed by atoms with Crippen molar-refractivity contribution in [3.05, 3.63) is 0 Å². The van der Waals surface area contributed by atoms with Gasteiger partial charge in [-0.1, -0.05) is 0 Å². The molecule has 0 amide bonds. The van der Waals surface area contributed by atoms with E-state index in [1.165, 1.54) is 0 Å². The topological polar surface area (TPSA) is 34.1 Å². The van der Waals surface area contributed by atoms with E-state index in [2.05, 4.69) is 0 Å². The largest absolute Gasteiger partial charge is 0.300 e. The average molecular weight is 164 g/mol. The normalized spacial score (nSPS) is 50.3. The summed E-state index contributed by atoms with van der Waals surface area (Å²) in [5, 5.41) is 0. The van der Waals surface area contributed by atoms with E-state index in [1.54, 1.807) is 0 Å². The molecular formula is C10H12O2. The summed E-state index contributed by atoms with van der Waals surface area (Å²) in [6, 6.07) is 0. The maximum atomic E-state index is 11.1. The van der Waals surface area contributed by atoms with E-state index in [0.29, 0.717) is 35.2 Å². The number of hydrogen-bond acceptors (Lipinski definition) is 2. The standard InChI is InChI=1S/C10H12O2/c11-5-1-7-8(2-5)10-4-6(12)3-9(7)10/h7-10H,1-4H2. The Morgan fingerprint density at radius 3 is 1.17 bits per heavy atom. The molecule has 3 fully saturated rings. The molecule has 0 spiro atoms. The Morgan fingerprint density at radius 2 is 0.917 bits per heavy atom. The van der Waals surface area contributed by atoms with Gasteiger partial charge in [0, 0.05) is 25.7 Å². The quantitative estimate of drug-likeness (QED) is 0.539. The lowest BCUT2D eigenvalue weighted by molar-refractivity contribution is -0.119. The first-order chi connectivity index (χ1) is 5.75. The second kappa shape index (κ2) is 1.98. The smallest absolute Gasteiger partial charge is 0.133 e. The molecule has 2 nitrogen and oxygen atoms in total. The molecule has 2 heteroatoms. The molecule has 3 aliphatic rings. The van der Waals surface area contributed by atoms with Crippen molar-refractivity contribution in [2.75, 3.05) is 0 Å². The van der Waals surface area contributed by atoms with Crippen LogP contribution in [-0.2, 0) is 9.59 Å². The van der Waals surface area contributed by atoms with Crippen LogP contribution in [0.15, 0.2) is 0 Å². The Balaban J connectivity index is 1.85. The van der Waals surface area contributed by atoms with Gasteiger partial charge in [0.1, 0.15) is 11.6 Å². The molecule has 0 bridgehead atoms. The van der Waals surface area contributed by atoms with E-state index in [-0.39, 0.29) is 0 Å². The van der Waals surface area contributed by atoms with Gasteiger partial charge in [-0.3, -0.25) is 9.59 Å². The Kier molecular flexibility index (Phi) is 1.12. The van der Waals surface area contributed by atoms with Crippen molar-refractivity contribution in [3.8, 4) is 0 Å². The zero-order valence-corrected chi connectivity index (χ0v) is 6.95. The van der Waals surface area contributed by atoms with Crippen molar-refractivity contribution in [2.24, 2.45) is 23.7 Å². The molecule has 3 saturated carbocycles. The molecule has 0 unspecified atom stereocenters. The number of fused-ring (bicyclic) bond motifs is 4. The molecule has 0 aromatic heterocycles. The Labute approximate surface area is 71.3 Å². The number of carbonyl (C=O) groups excluding carboxylic acids is 2. The van der Waals surface area contributed by atoms with Gasteiger partial charge in [-0.25, -0.2) is 0 Å². The minimum atomic E-state index is 0.437. The number of hydrogen-bond donors (Lipinski definition) is 0. The summed E-state index contributed by atoms with van der Waals surface area (Å²) < 4.78 is 0. The first kappa shape index (κ1) is 6.81. The van der Waals surface area contributed by atoms with Crippen LogP contribution < -0.4 is 0 Å². The third-order valence-electron chi connectivity index (χ3n) is 4.05. The molecule has 0 aromatic carbocycles. The zero-order valence-electron chi connectivity index (χ0n) is 6.95. The maximum absolute atomic E-state index is 11.1. The Morgan fingerprint density at radius 1 is 0.667 bits per heavy atom. The average Bonchev–Trinajstić information content (AvgIpc) is 2.51. The van der Waals surface area contributed by atoms with Gasteiger partial charge >= 0.3 is 0 Å². The first-order valence-corrected chi connectivity index (χ1v) is 4.79. The number of carbonyl (C=O) groups is 2. The Hall–Kier alpha value is -0.660. The van der Waals surface area contributed by atoms with Crippen LogP contribution in [0.25, 0.3) is 0 Å². The SMILES string of the molecule is O=C1CC2C(C1)C1CC(=O)CC21. The third kappa shape index (κ3) is 0.661. The second-order valence-electron chi connectivity index (χ2n) is 4.55. The van der Waals surface area contributed by atoms with Crippen molar-refractivity contribution in [2.45, 2.75) is 25.7 Å². The number of Topliss-reactive ketones (excluding diaryl/α,β-unsaturated/α-hetero) is 2. The van der Waals surface area contributed by atoms with Gasteiger partial charge in [0.15, 0.2) is 0 Å². The summed E-state index contributed by atoms with van der Waals surface area (Å²) in [5.74, 6) is 3.30. The lowest BCUT2D eigenvalue weighted by Crippen LogP contribution is -2.39. The fraction of sp³-hybridized carbons (Fsp3) is 0.800. The fourth-order valence-electron chi connectivity index (χ4n) is 3.55. The van der Waals surface area contributed by atoms with Crippen LogP contribution in [0.1, 0.15) is 25.7 Å². The van der Waals surface area contributed by atoms with Crippen molar-refractivity contribution < 1.29 is 9.59 Å². The van der Waals surface area contributed by atoms with E-state index in [9.17, 15) is 9.59 Å². The molecule has 0 radical (unpaired) electrons. The lowest BCUT2D eigenvalue weighted by Gasteiger charge is -2.43. The lowest BCUT2D eigenvalue weighted by atomic mass is 9.60. The molecule has 0 aliphatic heterocycles. The highest BCUT2D eigenvalue weighted by atomic mass is 16.1. The molecule has 0 aromatic rings. The van der Waals surface area contributed by atoms with Crippen molar-refractivity contribution in [1.29, 1.82) is 0 Å². The highest BCUT2D eigenvalue weighted by Gasteiger charge is 2.58. The van der Waals surface area contributed by atoms with Crippen LogP contribution in [-0.4, -0.2) is 11.6 Å². The van der Waals surface area contributed by atoms with Crippen molar-refractivity contribution >= 4 is 11.6 Å². The summed E-state index contributed by atoms with van der Waals surface area (Å²) >= 11 is 0. The van der Waals surface area contributed by atoms with Gasteiger partial charge in [0.2, 0.25) is 0 Å². The molecule has 3 aliphatic carbocycles. The van der Waals surface area contributed by atoms with Gasteiger partial charge < -0.3 is 0 Å². The van der Waals surface area contributed by atoms with Crippen molar-refractivity contribution in [3.63, 3.8) is 0 Å². The summed E-state index contributed by atoms with van der Waals surface area (Å²) in [6.45, 7) is 0. The second-order valence-corrected chi connectivity index (χ2v) is 4.55. The molecule has 64 valence electrons. The van der Waals surface area contributed by atoms with Gasteiger partial charge in [-0.2, -0.15) is 0 Å². The molecular weight excluding hydrogens is 152 g/mol. The molecule has 12 heavy (non-hydrogen) atoms. The van der Waals surface area contributed by atoms with Crippen LogP contribution in [0.3, 0.4) is 0 Å². The first-order valence-electron chi connectivity index (χ1n) is 4.79. The maximum Gasteiger partial charge on any atom is 0.133 e. The van der Waals surface area contributed by atoms with E-state index in [1.807, 2.05) is 0 Å². The van der Waals surface area contributed by atoms with Gasteiger partial charge in [0.05, 0.1) is 0 Å². The van der Waals surface area contributed by atoms with E-state index >= 15 is 0 Å². The molecule has 0 N–H and O–H groups in total. The molecule has 3 rings (SSSR count). The van der Waals surface area contributed by atoms with Crippen LogP contribution in [0.5, 0.6) is 0 Å². The molecule has 0 saturated heterocycles. The van der Waals surface area contributed by atoms with Gasteiger partial charge in [-0.05, 0) is 23.7 Å². The molecule has 0 heterocycles. The van der Waals surface area contributed by atoms with Gasteiger partial charge in [-0.15, -0.1) is 0 Å². The predicted octanol–water partition coefficient (Wildman–Crippen LogP) is 1.19.